The molecular formula is C16H24N2O3. The van der Waals surface area contributed by atoms with Crippen molar-refractivity contribution < 1.29 is 14.3 Å². The number of hydrogen-bond acceptors (Lipinski definition) is 3. The van der Waals surface area contributed by atoms with Crippen molar-refractivity contribution >= 4 is 12.0 Å². The monoisotopic (exact) mass is 292 g/mol. The number of fused-ring (bicyclic) bond motifs is 1. The van der Waals surface area contributed by atoms with Crippen LogP contribution in [0.15, 0.2) is 12.7 Å². The molecule has 3 aliphatic rings. The Morgan fingerprint density at radius 3 is 2.38 bits per heavy atom. The van der Waals surface area contributed by atoms with Gasteiger partial charge < -0.3 is 14.5 Å². The summed E-state index contributed by atoms with van der Waals surface area (Å²) in [6.45, 7) is 11.6. The van der Waals surface area contributed by atoms with Gasteiger partial charge in [-0.2, -0.15) is 0 Å². The molecule has 3 rings (SSSR count). The summed E-state index contributed by atoms with van der Waals surface area (Å²) in [6.07, 6.45) is 2.24. The van der Waals surface area contributed by atoms with Gasteiger partial charge in [-0.15, -0.1) is 6.58 Å². The molecule has 116 valence electrons. The van der Waals surface area contributed by atoms with Gasteiger partial charge in [0.1, 0.15) is 5.60 Å². The summed E-state index contributed by atoms with van der Waals surface area (Å²) in [4.78, 5) is 27.8. The van der Waals surface area contributed by atoms with E-state index in [-0.39, 0.29) is 12.0 Å². The highest BCUT2D eigenvalue weighted by molar-refractivity contribution is 5.80. The third-order valence-electron chi connectivity index (χ3n) is 4.68. The van der Waals surface area contributed by atoms with Crippen LogP contribution in [0.4, 0.5) is 4.79 Å². The second-order valence-corrected chi connectivity index (χ2v) is 7.45. The predicted molar refractivity (Wildman–Crippen MR) is 78.6 cm³/mol. The second kappa shape index (κ2) is 4.75. The number of amides is 2. The lowest BCUT2D eigenvalue weighted by Crippen LogP contribution is -2.40. The molecule has 0 radical (unpaired) electrons. The second-order valence-electron chi connectivity index (χ2n) is 7.45. The maximum absolute atomic E-state index is 12.0. The largest absolute Gasteiger partial charge is 0.444 e. The van der Waals surface area contributed by atoms with Crippen LogP contribution in [-0.4, -0.2) is 53.1 Å². The predicted octanol–water partition coefficient (Wildman–Crippen LogP) is 1.89. The van der Waals surface area contributed by atoms with Crippen LogP contribution in [0.25, 0.3) is 0 Å². The zero-order valence-corrected chi connectivity index (χ0v) is 13.0. The molecule has 2 amide bonds. The molecule has 0 spiro atoms. The van der Waals surface area contributed by atoms with E-state index in [9.17, 15) is 9.59 Å². The molecular weight excluding hydrogens is 268 g/mol. The first-order valence-corrected chi connectivity index (χ1v) is 7.70. The first kappa shape index (κ1) is 14.4. The number of rotatable bonds is 2. The standard InChI is InChI=1S/C16H24N2O3/c1-5-10-6-13(19)18(7-10)14-11-8-17(9-12(11)14)15(20)21-16(2,3)4/h5,10-12,14H,1,6-9H2,2-4H3/t10?,11-,12+,14?. The topological polar surface area (TPSA) is 49.9 Å². The molecule has 2 heterocycles. The van der Waals surface area contributed by atoms with Crippen molar-refractivity contribution in [3.63, 3.8) is 0 Å². The van der Waals surface area contributed by atoms with Gasteiger partial charge in [-0.05, 0) is 20.8 Å². The van der Waals surface area contributed by atoms with E-state index >= 15 is 0 Å². The number of carbonyl (C=O) groups excluding carboxylic acids is 2. The summed E-state index contributed by atoms with van der Waals surface area (Å²) in [5.74, 6) is 1.40. The van der Waals surface area contributed by atoms with E-state index < -0.39 is 5.60 Å². The van der Waals surface area contributed by atoms with Crippen LogP contribution >= 0.6 is 0 Å². The van der Waals surface area contributed by atoms with E-state index in [2.05, 4.69) is 6.58 Å². The van der Waals surface area contributed by atoms with E-state index in [4.69, 9.17) is 4.74 Å². The highest BCUT2D eigenvalue weighted by Gasteiger charge is 2.61. The van der Waals surface area contributed by atoms with Crippen LogP contribution < -0.4 is 0 Å². The molecule has 3 fully saturated rings. The minimum absolute atomic E-state index is 0.231. The van der Waals surface area contributed by atoms with Crippen molar-refractivity contribution in [3.05, 3.63) is 12.7 Å². The minimum atomic E-state index is -0.453. The van der Waals surface area contributed by atoms with Crippen LogP contribution in [0.5, 0.6) is 0 Å². The van der Waals surface area contributed by atoms with Crippen molar-refractivity contribution in [2.24, 2.45) is 17.8 Å². The maximum atomic E-state index is 12.0. The Bertz CT molecular complexity index is 470. The van der Waals surface area contributed by atoms with Crippen molar-refractivity contribution in [2.75, 3.05) is 19.6 Å². The van der Waals surface area contributed by atoms with Gasteiger partial charge in [-0.3, -0.25) is 4.79 Å². The molecule has 5 heteroatoms. The minimum Gasteiger partial charge on any atom is -0.444 e. The fraction of sp³-hybridized carbons (Fsp3) is 0.750. The van der Waals surface area contributed by atoms with Crippen molar-refractivity contribution in [1.29, 1.82) is 0 Å². The van der Waals surface area contributed by atoms with Crippen LogP contribution in [0.1, 0.15) is 27.2 Å². The Kier molecular flexibility index (Phi) is 3.26. The van der Waals surface area contributed by atoms with E-state index in [1.807, 2.05) is 31.7 Å². The maximum Gasteiger partial charge on any atom is 0.410 e. The molecule has 0 N–H and O–H groups in total. The van der Waals surface area contributed by atoms with Gasteiger partial charge in [0.15, 0.2) is 0 Å². The average molecular weight is 292 g/mol. The summed E-state index contributed by atoms with van der Waals surface area (Å²) in [5.41, 5.74) is -0.453. The van der Waals surface area contributed by atoms with Crippen LogP contribution in [0.2, 0.25) is 0 Å². The zero-order chi connectivity index (χ0) is 15.4. The smallest absolute Gasteiger partial charge is 0.410 e. The quantitative estimate of drug-likeness (QED) is 0.730. The number of carbonyl (C=O) groups is 2. The number of hydrogen-bond donors (Lipinski definition) is 0. The molecule has 0 aromatic rings. The van der Waals surface area contributed by atoms with Gasteiger partial charge in [-0.25, -0.2) is 4.79 Å². The zero-order valence-electron chi connectivity index (χ0n) is 13.0. The molecule has 21 heavy (non-hydrogen) atoms. The van der Waals surface area contributed by atoms with E-state index in [1.54, 1.807) is 4.90 Å². The van der Waals surface area contributed by atoms with Gasteiger partial charge >= 0.3 is 6.09 Å². The Labute approximate surface area is 125 Å². The highest BCUT2D eigenvalue weighted by Crippen LogP contribution is 2.50. The van der Waals surface area contributed by atoms with Gasteiger partial charge in [0.2, 0.25) is 5.91 Å². The molecule has 5 nitrogen and oxygen atoms in total. The molecule has 1 saturated carbocycles. The SMILES string of the molecule is C=CC1CC(=O)N(C2[C@H]3CN(C(=O)OC(C)(C)C)C[C@@H]23)C1. The van der Waals surface area contributed by atoms with Crippen LogP contribution in [-0.2, 0) is 9.53 Å². The third kappa shape index (κ3) is 2.65. The number of piperidine rings is 1. The summed E-state index contributed by atoms with van der Waals surface area (Å²) < 4.78 is 5.40. The Morgan fingerprint density at radius 1 is 1.29 bits per heavy atom. The fourth-order valence-corrected chi connectivity index (χ4v) is 3.64. The van der Waals surface area contributed by atoms with Crippen LogP contribution in [0.3, 0.4) is 0 Å². The first-order chi connectivity index (χ1) is 9.80. The van der Waals surface area contributed by atoms with E-state index in [0.717, 1.165) is 6.54 Å². The molecule has 0 bridgehead atoms. The van der Waals surface area contributed by atoms with E-state index in [1.165, 1.54) is 0 Å². The Hall–Kier alpha value is -1.52. The molecule has 4 atom stereocenters. The molecule has 1 aliphatic carbocycles. The molecule has 2 saturated heterocycles. The van der Waals surface area contributed by atoms with Crippen molar-refractivity contribution in [1.82, 2.24) is 9.80 Å². The van der Waals surface area contributed by atoms with E-state index in [0.29, 0.717) is 43.3 Å². The molecule has 0 aromatic carbocycles. The van der Waals surface area contributed by atoms with Crippen molar-refractivity contribution in [3.8, 4) is 0 Å². The Balaban J connectivity index is 1.54. The molecule has 0 aromatic heterocycles. The summed E-state index contributed by atoms with van der Waals surface area (Å²) in [5, 5.41) is 0. The number of nitrogens with zero attached hydrogens (tertiary/aromatic N) is 2. The summed E-state index contributed by atoms with van der Waals surface area (Å²) in [6, 6.07) is 0.334. The summed E-state index contributed by atoms with van der Waals surface area (Å²) >= 11 is 0. The van der Waals surface area contributed by atoms with Crippen LogP contribution in [0, 0.1) is 17.8 Å². The molecule has 2 aliphatic heterocycles. The van der Waals surface area contributed by atoms with Gasteiger partial charge in [-0.1, -0.05) is 6.08 Å². The average Bonchev–Trinajstić information content (AvgIpc) is 2.76. The van der Waals surface area contributed by atoms with Gasteiger partial charge in [0.25, 0.3) is 0 Å². The highest BCUT2D eigenvalue weighted by atomic mass is 16.6. The first-order valence-electron chi connectivity index (χ1n) is 7.70. The summed E-state index contributed by atoms with van der Waals surface area (Å²) in [7, 11) is 0. The lowest BCUT2D eigenvalue weighted by molar-refractivity contribution is -0.128. The number of likely N-dealkylation sites (tertiary alicyclic amines) is 2. The van der Waals surface area contributed by atoms with Crippen molar-refractivity contribution in [2.45, 2.75) is 38.8 Å². The fourth-order valence-electron chi connectivity index (χ4n) is 3.64. The lowest BCUT2D eigenvalue weighted by Gasteiger charge is -2.27. The third-order valence-corrected chi connectivity index (χ3v) is 4.68. The number of ether oxygens (including phenoxy) is 1. The van der Waals surface area contributed by atoms with Gasteiger partial charge in [0.05, 0.1) is 0 Å². The lowest BCUT2D eigenvalue weighted by atomic mass is 10.1. The van der Waals surface area contributed by atoms with Gasteiger partial charge in [0, 0.05) is 49.9 Å². The Morgan fingerprint density at radius 2 is 1.90 bits per heavy atom. The normalized spacial score (nSPS) is 34.9. The molecule has 2 unspecified atom stereocenters.